The van der Waals surface area contributed by atoms with Gasteiger partial charge in [-0.2, -0.15) is 0 Å². The molecule has 0 spiro atoms. The lowest BCUT2D eigenvalue weighted by Crippen LogP contribution is -2.45. The first-order valence-electron chi connectivity index (χ1n) is 9.61. The van der Waals surface area contributed by atoms with E-state index < -0.39 is 0 Å². The molecule has 0 radical (unpaired) electrons. The second-order valence-electron chi connectivity index (χ2n) is 7.23. The van der Waals surface area contributed by atoms with E-state index >= 15 is 0 Å². The van der Waals surface area contributed by atoms with Crippen molar-refractivity contribution < 1.29 is 19.0 Å². The van der Waals surface area contributed by atoms with Crippen LogP contribution in [0.3, 0.4) is 0 Å². The van der Waals surface area contributed by atoms with Crippen LogP contribution in [0.4, 0.5) is 5.82 Å². The number of anilines is 1. The van der Waals surface area contributed by atoms with Gasteiger partial charge in [0.25, 0.3) is 5.91 Å². The highest BCUT2D eigenvalue weighted by atomic mass is 16.6. The SMILES string of the molecule is C[C@H]1CN(c2ccc(C(=O)NCc3ccc4c(c3)OCCO4)cn2)C[C@H](C)O1. The quantitative estimate of drug-likeness (QED) is 0.874. The van der Waals surface area contributed by atoms with Crippen LogP contribution in [-0.2, 0) is 11.3 Å². The number of hydrogen-bond donors (Lipinski definition) is 1. The molecule has 1 amide bonds. The van der Waals surface area contributed by atoms with Crippen molar-refractivity contribution in [3.8, 4) is 11.5 Å². The zero-order chi connectivity index (χ0) is 19.5. The number of carbonyl (C=O) groups excluding carboxylic acids is 1. The summed E-state index contributed by atoms with van der Waals surface area (Å²) in [5, 5.41) is 2.93. The number of amides is 1. The number of carbonyl (C=O) groups is 1. The number of fused-ring (bicyclic) bond motifs is 1. The molecule has 7 nitrogen and oxygen atoms in total. The minimum atomic E-state index is -0.155. The van der Waals surface area contributed by atoms with Gasteiger partial charge in [-0.1, -0.05) is 6.07 Å². The maximum absolute atomic E-state index is 12.5. The van der Waals surface area contributed by atoms with E-state index in [0.717, 1.165) is 36.0 Å². The van der Waals surface area contributed by atoms with Gasteiger partial charge in [-0.15, -0.1) is 0 Å². The van der Waals surface area contributed by atoms with E-state index in [-0.39, 0.29) is 18.1 Å². The highest BCUT2D eigenvalue weighted by molar-refractivity contribution is 5.94. The largest absolute Gasteiger partial charge is 0.486 e. The third-order valence-corrected chi connectivity index (χ3v) is 4.81. The summed E-state index contributed by atoms with van der Waals surface area (Å²) < 4.78 is 16.9. The molecule has 0 aliphatic carbocycles. The zero-order valence-electron chi connectivity index (χ0n) is 16.2. The molecule has 2 aliphatic rings. The lowest BCUT2D eigenvalue weighted by molar-refractivity contribution is -0.00546. The average Bonchev–Trinajstić information content (AvgIpc) is 2.71. The van der Waals surface area contributed by atoms with Gasteiger partial charge < -0.3 is 24.4 Å². The summed E-state index contributed by atoms with van der Waals surface area (Å²) in [6.07, 6.45) is 1.96. The van der Waals surface area contributed by atoms with Crippen LogP contribution in [0.1, 0.15) is 29.8 Å². The highest BCUT2D eigenvalue weighted by Crippen LogP contribution is 2.30. The summed E-state index contributed by atoms with van der Waals surface area (Å²) in [6, 6.07) is 9.40. The Hall–Kier alpha value is -2.80. The van der Waals surface area contributed by atoms with E-state index in [9.17, 15) is 4.79 Å². The van der Waals surface area contributed by atoms with Crippen LogP contribution in [0, 0.1) is 0 Å². The normalized spacial score (nSPS) is 21.3. The second kappa shape index (κ2) is 8.06. The number of rotatable bonds is 4. The van der Waals surface area contributed by atoms with Crippen molar-refractivity contribution in [2.75, 3.05) is 31.2 Å². The summed E-state index contributed by atoms with van der Waals surface area (Å²) in [5.74, 6) is 2.17. The molecule has 0 bridgehead atoms. The molecule has 4 rings (SSSR count). The van der Waals surface area contributed by atoms with Gasteiger partial charge in [0.05, 0.1) is 17.8 Å². The number of pyridine rings is 1. The maximum Gasteiger partial charge on any atom is 0.253 e. The van der Waals surface area contributed by atoms with Crippen molar-refractivity contribution in [2.24, 2.45) is 0 Å². The van der Waals surface area contributed by atoms with Crippen molar-refractivity contribution in [2.45, 2.75) is 32.6 Å². The van der Waals surface area contributed by atoms with E-state index in [1.165, 1.54) is 0 Å². The number of morpholine rings is 1. The van der Waals surface area contributed by atoms with E-state index in [0.29, 0.717) is 25.3 Å². The van der Waals surface area contributed by atoms with Crippen molar-refractivity contribution >= 4 is 11.7 Å². The average molecular weight is 383 g/mol. The predicted molar refractivity (Wildman–Crippen MR) is 105 cm³/mol. The lowest BCUT2D eigenvalue weighted by atomic mass is 10.2. The Balaban J connectivity index is 1.36. The molecule has 1 N–H and O–H groups in total. The van der Waals surface area contributed by atoms with Gasteiger partial charge in [-0.3, -0.25) is 4.79 Å². The fraction of sp³-hybridized carbons (Fsp3) is 0.429. The number of ether oxygens (including phenoxy) is 3. The van der Waals surface area contributed by atoms with Gasteiger partial charge in [0.1, 0.15) is 19.0 Å². The second-order valence-corrected chi connectivity index (χ2v) is 7.23. The van der Waals surface area contributed by atoms with Crippen molar-refractivity contribution in [3.05, 3.63) is 47.7 Å². The van der Waals surface area contributed by atoms with Crippen molar-refractivity contribution in [1.29, 1.82) is 0 Å². The molecule has 1 fully saturated rings. The van der Waals surface area contributed by atoms with E-state index in [1.54, 1.807) is 6.20 Å². The van der Waals surface area contributed by atoms with Crippen molar-refractivity contribution in [1.82, 2.24) is 10.3 Å². The molecule has 28 heavy (non-hydrogen) atoms. The third kappa shape index (κ3) is 4.20. The summed E-state index contributed by atoms with van der Waals surface area (Å²) >= 11 is 0. The Morgan fingerprint density at radius 1 is 1.11 bits per heavy atom. The fourth-order valence-electron chi connectivity index (χ4n) is 3.55. The number of nitrogens with zero attached hydrogens (tertiary/aromatic N) is 2. The molecule has 0 saturated carbocycles. The highest BCUT2D eigenvalue weighted by Gasteiger charge is 2.23. The number of benzene rings is 1. The van der Waals surface area contributed by atoms with E-state index in [2.05, 4.69) is 29.0 Å². The van der Waals surface area contributed by atoms with Gasteiger partial charge in [0.2, 0.25) is 0 Å². The van der Waals surface area contributed by atoms with Crippen LogP contribution < -0.4 is 19.7 Å². The Bertz CT molecular complexity index is 830. The maximum atomic E-state index is 12.5. The smallest absolute Gasteiger partial charge is 0.253 e. The molecule has 0 unspecified atom stereocenters. The van der Waals surface area contributed by atoms with Crippen LogP contribution in [-0.4, -0.2) is 49.4 Å². The monoisotopic (exact) mass is 383 g/mol. The van der Waals surface area contributed by atoms with Gasteiger partial charge >= 0.3 is 0 Å². The molecule has 148 valence electrons. The minimum Gasteiger partial charge on any atom is -0.486 e. The first-order chi connectivity index (χ1) is 13.6. The number of aromatic nitrogens is 1. The van der Waals surface area contributed by atoms with E-state index in [4.69, 9.17) is 14.2 Å². The molecule has 7 heteroatoms. The van der Waals surface area contributed by atoms with Crippen LogP contribution in [0.2, 0.25) is 0 Å². The molecule has 1 aromatic heterocycles. The molecular weight excluding hydrogens is 358 g/mol. The number of hydrogen-bond acceptors (Lipinski definition) is 6. The molecule has 1 saturated heterocycles. The lowest BCUT2D eigenvalue weighted by Gasteiger charge is -2.36. The van der Waals surface area contributed by atoms with Crippen LogP contribution in [0.5, 0.6) is 11.5 Å². The molecule has 2 aliphatic heterocycles. The summed E-state index contributed by atoms with van der Waals surface area (Å²) in [5.41, 5.74) is 1.49. The number of nitrogens with one attached hydrogen (secondary N) is 1. The standard InChI is InChI=1S/C21H25N3O4/c1-14-12-24(13-15(2)28-14)20-6-4-17(11-22-20)21(25)23-10-16-3-5-18-19(9-16)27-8-7-26-18/h3-6,9,11,14-15H,7-8,10,12-13H2,1-2H3,(H,23,25)/t14-,15-/m0/s1. The Kier molecular flexibility index (Phi) is 5.34. The first-order valence-corrected chi connectivity index (χ1v) is 9.61. The first kappa shape index (κ1) is 18.6. The van der Waals surface area contributed by atoms with Crippen LogP contribution >= 0.6 is 0 Å². The Morgan fingerprint density at radius 2 is 1.86 bits per heavy atom. The summed E-state index contributed by atoms with van der Waals surface area (Å²) in [7, 11) is 0. The van der Waals surface area contributed by atoms with Crippen LogP contribution in [0.15, 0.2) is 36.5 Å². The predicted octanol–water partition coefficient (Wildman–Crippen LogP) is 2.40. The van der Waals surface area contributed by atoms with E-state index in [1.807, 2.05) is 30.3 Å². The molecule has 3 heterocycles. The van der Waals surface area contributed by atoms with Gasteiger partial charge in [0, 0.05) is 25.8 Å². The molecule has 2 aromatic rings. The molecular formula is C21H25N3O4. The summed E-state index contributed by atoms with van der Waals surface area (Å²) in [4.78, 5) is 19.1. The third-order valence-electron chi connectivity index (χ3n) is 4.81. The van der Waals surface area contributed by atoms with Gasteiger partial charge in [-0.05, 0) is 43.7 Å². The van der Waals surface area contributed by atoms with Gasteiger partial charge in [-0.25, -0.2) is 4.98 Å². The van der Waals surface area contributed by atoms with Crippen molar-refractivity contribution in [3.63, 3.8) is 0 Å². The molecule has 1 aromatic carbocycles. The minimum absolute atomic E-state index is 0.155. The Morgan fingerprint density at radius 3 is 2.57 bits per heavy atom. The topological polar surface area (TPSA) is 72.9 Å². The zero-order valence-corrected chi connectivity index (χ0v) is 16.2. The van der Waals surface area contributed by atoms with Gasteiger partial charge in [0.15, 0.2) is 11.5 Å². The van der Waals surface area contributed by atoms with Crippen LogP contribution in [0.25, 0.3) is 0 Å². The summed E-state index contributed by atoms with van der Waals surface area (Å²) in [6.45, 7) is 7.23. The molecule has 2 atom stereocenters. The Labute approximate surface area is 164 Å². The fourth-order valence-corrected chi connectivity index (χ4v) is 3.55.